The Bertz CT molecular complexity index is 733. The zero-order valence-electron chi connectivity index (χ0n) is 12.2. The van der Waals surface area contributed by atoms with Gasteiger partial charge in [-0.15, -0.1) is 11.3 Å². The predicted octanol–water partition coefficient (Wildman–Crippen LogP) is 2.03. The van der Waals surface area contributed by atoms with Crippen molar-refractivity contribution in [1.29, 1.82) is 0 Å². The van der Waals surface area contributed by atoms with Crippen LogP contribution in [0.25, 0.3) is 11.0 Å². The van der Waals surface area contributed by atoms with Gasteiger partial charge in [-0.25, -0.2) is 9.97 Å². The Kier molecular flexibility index (Phi) is 3.85. The summed E-state index contributed by atoms with van der Waals surface area (Å²) >= 11 is 1.77. The van der Waals surface area contributed by atoms with Gasteiger partial charge in [-0.1, -0.05) is 13.0 Å². The number of nitrogens with two attached hydrogens (primary N) is 1. The Hall–Kier alpha value is -1.99. The van der Waals surface area contributed by atoms with E-state index in [9.17, 15) is 0 Å². The molecule has 0 radical (unpaired) electrons. The number of fused-ring (bicyclic) bond motifs is 1. The predicted molar refractivity (Wildman–Crippen MR) is 84.8 cm³/mol. The van der Waals surface area contributed by atoms with Crippen LogP contribution in [-0.4, -0.2) is 31.2 Å². The van der Waals surface area contributed by atoms with Crippen molar-refractivity contribution in [2.75, 3.05) is 12.3 Å². The van der Waals surface area contributed by atoms with E-state index in [2.05, 4.69) is 44.4 Å². The average Bonchev–Trinajstić information content (AvgIpc) is 3.09. The third-order valence-electron chi connectivity index (χ3n) is 3.44. The van der Waals surface area contributed by atoms with E-state index < -0.39 is 0 Å². The van der Waals surface area contributed by atoms with Crippen molar-refractivity contribution in [3.8, 4) is 0 Å². The molecule has 0 amide bonds. The average molecular weight is 302 g/mol. The van der Waals surface area contributed by atoms with Gasteiger partial charge >= 0.3 is 0 Å². The normalized spacial score (nSPS) is 11.6. The smallest absolute Gasteiger partial charge is 0.163 e. The molecule has 110 valence electrons. The fourth-order valence-corrected chi connectivity index (χ4v) is 3.01. The van der Waals surface area contributed by atoms with Gasteiger partial charge in [0.2, 0.25) is 0 Å². The summed E-state index contributed by atoms with van der Waals surface area (Å²) in [5, 5.41) is 7.08. The highest BCUT2D eigenvalue weighted by molar-refractivity contribution is 7.09. The number of aromatic nitrogens is 4. The van der Waals surface area contributed by atoms with Crippen LogP contribution in [0, 0.1) is 0 Å². The van der Waals surface area contributed by atoms with Gasteiger partial charge in [0.05, 0.1) is 18.1 Å². The molecule has 7 heteroatoms. The van der Waals surface area contributed by atoms with Crippen molar-refractivity contribution in [2.45, 2.75) is 20.0 Å². The second-order valence-corrected chi connectivity index (χ2v) is 5.95. The molecular weight excluding hydrogens is 284 g/mol. The van der Waals surface area contributed by atoms with Crippen LogP contribution in [0.5, 0.6) is 0 Å². The molecule has 2 N–H and O–H groups in total. The van der Waals surface area contributed by atoms with E-state index in [1.807, 2.05) is 7.05 Å². The summed E-state index contributed by atoms with van der Waals surface area (Å²) in [5.74, 6) is 1.23. The van der Waals surface area contributed by atoms with Crippen molar-refractivity contribution in [3.05, 3.63) is 34.4 Å². The fraction of sp³-hybridized carbons (Fsp3) is 0.357. The zero-order valence-corrected chi connectivity index (χ0v) is 13.0. The first-order valence-electron chi connectivity index (χ1n) is 6.86. The first-order chi connectivity index (χ1) is 10.2. The number of nitrogens with zero attached hydrogens (tertiary/aromatic N) is 5. The van der Waals surface area contributed by atoms with Crippen LogP contribution >= 0.6 is 11.3 Å². The molecule has 3 heterocycles. The Morgan fingerprint density at radius 3 is 2.90 bits per heavy atom. The van der Waals surface area contributed by atoms with Crippen LogP contribution in [0.2, 0.25) is 0 Å². The highest BCUT2D eigenvalue weighted by Gasteiger charge is 2.12. The van der Waals surface area contributed by atoms with Crippen LogP contribution in [0.1, 0.15) is 17.6 Å². The van der Waals surface area contributed by atoms with E-state index in [-0.39, 0.29) is 0 Å². The summed E-state index contributed by atoms with van der Waals surface area (Å²) in [7, 11) is 1.86. The van der Waals surface area contributed by atoms with Crippen LogP contribution in [0.4, 0.5) is 5.82 Å². The first-order valence-corrected chi connectivity index (χ1v) is 7.74. The van der Waals surface area contributed by atoms with E-state index in [1.54, 1.807) is 22.2 Å². The van der Waals surface area contributed by atoms with Crippen LogP contribution < -0.4 is 5.73 Å². The summed E-state index contributed by atoms with van der Waals surface area (Å²) in [6.45, 7) is 4.66. The maximum Gasteiger partial charge on any atom is 0.163 e. The number of nitrogen functional groups attached to an aromatic ring is 1. The molecular formula is C14H18N6S. The molecule has 0 aromatic carbocycles. The summed E-state index contributed by atoms with van der Waals surface area (Å²) < 4.78 is 1.73. The number of anilines is 1. The topological polar surface area (TPSA) is 72.9 Å². The molecule has 0 bridgehead atoms. The minimum Gasteiger partial charge on any atom is -0.383 e. The molecule has 0 saturated carbocycles. The number of aryl methyl sites for hydroxylation is 1. The lowest BCUT2D eigenvalue weighted by Gasteiger charge is -2.18. The molecule has 0 spiro atoms. The Morgan fingerprint density at radius 2 is 2.19 bits per heavy atom. The number of hydrogen-bond donors (Lipinski definition) is 1. The quantitative estimate of drug-likeness (QED) is 0.780. The van der Waals surface area contributed by atoms with E-state index in [1.165, 1.54) is 4.88 Å². The summed E-state index contributed by atoms with van der Waals surface area (Å²) in [6, 6.07) is 4.22. The molecule has 21 heavy (non-hydrogen) atoms. The SMILES string of the molecule is CCN(Cc1nc(N)c2cnn(C)c2n1)Cc1cccs1. The minimum absolute atomic E-state index is 0.496. The lowest BCUT2D eigenvalue weighted by molar-refractivity contribution is 0.267. The Balaban J connectivity index is 1.84. The number of thiophene rings is 1. The molecule has 6 nitrogen and oxygen atoms in total. The van der Waals surface area contributed by atoms with Crippen molar-refractivity contribution in [3.63, 3.8) is 0 Å². The van der Waals surface area contributed by atoms with E-state index in [0.29, 0.717) is 12.4 Å². The molecule has 0 aliphatic carbocycles. The highest BCUT2D eigenvalue weighted by Crippen LogP contribution is 2.18. The van der Waals surface area contributed by atoms with Crippen molar-refractivity contribution >= 4 is 28.2 Å². The molecule has 0 saturated heterocycles. The maximum atomic E-state index is 6.00. The third kappa shape index (κ3) is 2.88. The molecule has 0 fully saturated rings. The van der Waals surface area contributed by atoms with Gasteiger partial charge in [-0.3, -0.25) is 9.58 Å². The Morgan fingerprint density at radius 1 is 1.33 bits per heavy atom. The van der Waals surface area contributed by atoms with E-state index in [4.69, 9.17) is 5.73 Å². The lowest BCUT2D eigenvalue weighted by atomic mass is 10.3. The maximum absolute atomic E-state index is 6.00. The fourth-order valence-electron chi connectivity index (χ4n) is 2.26. The van der Waals surface area contributed by atoms with Gasteiger partial charge < -0.3 is 5.73 Å². The number of hydrogen-bond acceptors (Lipinski definition) is 6. The largest absolute Gasteiger partial charge is 0.383 e. The monoisotopic (exact) mass is 302 g/mol. The minimum atomic E-state index is 0.496. The lowest BCUT2D eigenvalue weighted by Crippen LogP contribution is -2.23. The van der Waals surface area contributed by atoms with Gasteiger partial charge in [0.25, 0.3) is 0 Å². The first kappa shape index (κ1) is 14.0. The summed E-state index contributed by atoms with van der Waals surface area (Å²) in [6.07, 6.45) is 1.71. The van der Waals surface area contributed by atoms with Crippen LogP contribution in [0.3, 0.4) is 0 Å². The third-order valence-corrected chi connectivity index (χ3v) is 4.30. The van der Waals surface area contributed by atoms with E-state index >= 15 is 0 Å². The van der Waals surface area contributed by atoms with Gasteiger partial charge in [-0.05, 0) is 18.0 Å². The van der Waals surface area contributed by atoms with E-state index in [0.717, 1.165) is 29.9 Å². The highest BCUT2D eigenvalue weighted by atomic mass is 32.1. The van der Waals surface area contributed by atoms with Gasteiger partial charge in [0.15, 0.2) is 5.65 Å². The second kappa shape index (κ2) is 5.79. The standard InChI is InChI=1S/C14H18N6S/c1-3-20(8-10-5-4-6-21-10)9-12-17-13(15)11-7-16-19(2)14(11)18-12/h4-7H,3,8-9H2,1-2H3,(H2,15,17,18). The van der Waals surface area contributed by atoms with Crippen LogP contribution in [-0.2, 0) is 20.1 Å². The second-order valence-electron chi connectivity index (χ2n) is 4.91. The molecule has 3 rings (SSSR count). The van der Waals surface area contributed by atoms with Gasteiger partial charge in [0.1, 0.15) is 11.6 Å². The zero-order chi connectivity index (χ0) is 14.8. The van der Waals surface area contributed by atoms with Crippen molar-refractivity contribution < 1.29 is 0 Å². The van der Waals surface area contributed by atoms with Crippen molar-refractivity contribution in [1.82, 2.24) is 24.6 Å². The molecule has 3 aromatic rings. The van der Waals surface area contributed by atoms with Crippen molar-refractivity contribution in [2.24, 2.45) is 7.05 Å². The summed E-state index contributed by atoms with van der Waals surface area (Å²) in [4.78, 5) is 12.6. The Labute approximate surface area is 127 Å². The summed E-state index contributed by atoms with van der Waals surface area (Å²) in [5.41, 5.74) is 6.78. The van der Waals surface area contributed by atoms with Crippen LogP contribution in [0.15, 0.2) is 23.7 Å². The van der Waals surface area contributed by atoms with Gasteiger partial charge in [0, 0.05) is 18.5 Å². The molecule has 0 unspecified atom stereocenters. The molecule has 3 aromatic heterocycles. The molecule has 0 aliphatic heterocycles. The molecule has 0 aliphatic rings. The van der Waals surface area contributed by atoms with Gasteiger partial charge in [-0.2, -0.15) is 5.10 Å². The number of rotatable bonds is 5. The molecule has 0 atom stereocenters.